The van der Waals surface area contributed by atoms with Crippen molar-refractivity contribution in [3.63, 3.8) is 0 Å². The Morgan fingerprint density at radius 2 is 1.96 bits per heavy atom. The van der Waals surface area contributed by atoms with Gasteiger partial charge in [0, 0.05) is 25.8 Å². The summed E-state index contributed by atoms with van der Waals surface area (Å²) in [6.45, 7) is 7.53. The second kappa shape index (κ2) is 7.88. The van der Waals surface area contributed by atoms with Crippen LogP contribution in [0.15, 0.2) is 18.2 Å². The summed E-state index contributed by atoms with van der Waals surface area (Å²) in [5.74, 6) is 0.817. The summed E-state index contributed by atoms with van der Waals surface area (Å²) in [5, 5.41) is 10.0. The lowest BCUT2D eigenvalue weighted by Gasteiger charge is -2.33. The minimum absolute atomic E-state index is 0.220. The average Bonchev–Trinajstić information content (AvgIpc) is 2.49. The first-order chi connectivity index (χ1) is 11.3. The largest absolute Gasteiger partial charge is 0.508 e. The fourth-order valence-corrected chi connectivity index (χ4v) is 2.99. The summed E-state index contributed by atoms with van der Waals surface area (Å²) in [4.78, 5) is 13.9. The molecule has 1 aliphatic heterocycles. The van der Waals surface area contributed by atoms with E-state index in [1.54, 1.807) is 12.0 Å². The highest BCUT2D eigenvalue weighted by atomic mass is 16.6. The van der Waals surface area contributed by atoms with Gasteiger partial charge in [-0.1, -0.05) is 12.1 Å². The van der Waals surface area contributed by atoms with Crippen LogP contribution in [0.5, 0.6) is 5.75 Å². The molecule has 0 aliphatic carbocycles. The lowest BCUT2D eigenvalue weighted by atomic mass is 9.90. The standard InChI is InChI=1S/C19H29NO4/c1-19(2,3)24-18(22)20-9-7-14(8-10-20)11-15-5-6-16(13-23-4)17(21)12-15/h5-6,12,14,21H,7-11,13H2,1-4H3. The molecule has 1 aliphatic rings. The van der Waals surface area contributed by atoms with E-state index in [-0.39, 0.29) is 6.09 Å². The monoisotopic (exact) mass is 335 g/mol. The Kier molecular flexibility index (Phi) is 6.10. The zero-order chi connectivity index (χ0) is 17.7. The molecule has 0 bridgehead atoms. The molecule has 0 aromatic heterocycles. The second-order valence-corrected chi connectivity index (χ2v) is 7.51. The van der Waals surface area contributed by atoms with Gasteiger partial charge < -0.3 is 19.5 Å². The molecule has 0 saturated carbocycles. The van der Waals surface area contributed by atoms with Crippen molar-refractivity contribution in [2.75, 3.05) is 20.2 Å². The molecular weight excluding hydrogens is 306 g/mol. The number of hydrogen-bond donors (Lipinski definition) is 1. The molecule has 134 valence electrons. The number of nitrogens with zero attached hydrogens (tertiary/aromatic N) is 1. The van der Waals surface area contributed by atoms with Crippen LogP contribution in [0.3, 0.4) is 0 Å². The lowest BCUT2D eigenvalue weighted by Crippen LogP contribution is -2.42. The predicted octanol–water partition coefficient (Wildman–Crippen LogP) is 3.73. The maximum atomic E-state index is 12.1. The highest BCUT2D eigenvalue weighted by Gasteiger charge is 2.26. The number of phenolic OH excluding ortho intramolecular Hbond substituents is 1. The summed E-state index contributed by atoms with van der Waals surface area (Å²) in [5.41, 5.74) is 1.49. The summed E-state index contributed by atoms with van der Waals surface area (Å²) in [7, 11) is 1.62. The van der Waals surface area contributed by atoms with Crippen LogP contribution in [0.1, 0.15) is 44.7 Å². The predicted molar refractivity (Wildman–Crippen MR) is 93.1 cm³/mol. The smallest absolute Gasteiger partial charge is 0.410 e. The summed E-state index contributed by atoms with van der Waals surface area (Å²) < 4.78 is 10.5. The molecule has 1 heterocycles. The molecule has 0 atom stereocenters. The number of carbonyl (C=O) groups excluding carboxylic acids is 1. The third-order valence-electron chi connectivity index (χ3n) is 4.24. The van der Waals surface area contributed by atoms with Gasteiger partial charge in [-0.15, -0.1) is 0 Å². The highest BCUT2D eigenvalue weighted by Crippen LogP contribution is 2.26. The number of likely N-dealkylation sites (tertiary alicyclic amines) is 1. The van der Waals surface area contributed by atoms with Gasteiger partial charge in [-0.25, -0.2) is 4.79 Å². The third kappa shape index (κ3) is 5.41. The second-order valence-electron chi connectivity index (χ2n) is 7.51. The number of benzene rings is 1. The average molecular weight is 335 g/mol. The van der Waals surface area contributed by atoms with Crippen molar-refractivity contribution in [3.8, 4) is 5.75 Å². The van der Waals surface area contributed by atoms with E-state index in [9.17, 15) is 9.90 Å². The Balaban J connectivity index is 1.85. The van der Waals surface area contributed by atoms with E-state index in [0.29, 0.717) is 18.3 Å². The normalized spacial score (nSPS) is 16.2. The number of amides is 1. The van der Waals surface area contributed by atoms with Gasteiger partial charge in [0.25, 0.3) is 0 Å². The number of hydrogen-bond acceptors (Lipinski definition) is 4. The fourth-order valence-electron chi connectivity index (χ4n) is 2.99. The zero-order valence-electron chi connectivity index (χ0n) is 15.2. The number of rotatable bonds is 4. The van der Waals surface area contributed by atoms with E-state index in [1.165, 1.54) is 0 Å². The van der Waals surface area contributed by atoms with Crippen LogP contribution in [0.4, 0.5) is 4.79 Å². The molecule has 1 aromatic rings. The van der Waals surface area contributed by atoms with E-state index < -0.39 is 5.60 Å². The molecule has 1 amide bonds. The van der Waals surface area contributed by atoms with Crippen molar-refractivity contribution in [3.05, 3.63) is 29.3 Å². The van der Waals surface area contributed by atoms with Crippen molar-refractivity contribution in [2.24, 2.45) is 5.92 Å². The van der Waals surface area contributed by atoms with E-state index in [4.69, 9.17) is 9.47 Å². The summed E-state index contributed by atoms with van der Waals surface area (Å²) >= 11 is 0. The van der Waals surface area contributed by atoms with Crippen molar-refractivity contribution >= 4 is 6.09 Å². The van der Waals surface area contributed by atoms with Crippen molar-refractivity contribution < 1.29 is 19.4 Å². The molecule has 1 aromatic carbocycles. The van der Waals surface area contributed by atoms with Crippen LogP contribution in [-0.2, 0) is 22.5 Å². The molecule has 0 unspecified atom stereocenters. The summed E-state index contributed by atoms with van der Waals surface area (Å²) in [6, 6.07) is 5.80. The van der Waals surface area contributed by atoms with Gasteiger partial charge in [-0.05, 0) is 57.6 Å². The SMILES string of the molecule is COCc1ccc(CC2CCN(C(=O)OC(C)(C)C)CC2)cc1O. The Hall–Kier alpha value is -1.75. The minimum atomic E-state index is -0.449. The van der Waals surface area contributed by atoms with Crippen LogP contribution in [0.2, 0.25) is 0 Å². The van der Waals surface area contributed by atoms with E-state index in [0.717, 1.165) is 43.5 Å². The zero-order valence-corrected chi connectivity index (χ0v) is 15.2. The van der Waals surface area contributed by atoms with Crippen LogP contribution < -0.4 is 0 Å². The molecule has 0 spiro atoms. The van der Waals surface area contributed by atoms with Gasteiger partial charge >= 0.3 is 6.09 Å². The minimum Gasteiger partial charge on any atom is -0.508 e. The van der Waals surface area contributed by atoms with E-state index >= 15 is 0 Å². The molecule has 1 saturated heterocycles. The fraction of sp³-hybridized carbons (Fsp3) is 0.632. The molecule has 5 nitrogen and oxygen atoms in total. The number of phenols is 1. The third-order valence-corrected chi connectivity index (χ3v) is 4.24. The molecule has 1 N–H and O–H groups in total. The number of carbonyl (C=O) groups is 1. The summed E-state index contributed by atoms with van der Waals surface area (Å²) in [6.07, 6.45) is 2.62. The number of ether oxygens (including phenoxy) is 2. The first-order valence-corrected chi connectivity index (χ1v) is 8.56. The van der Waals surface area contributed by atoms with Crippen LogP contribution >= 0.6 is 0 Å². The van der Waals surface area contributed by atoms with Gasteiger partial charge in [0.2, 0.25) is 0 Å². The van der Waals surface area contributed by atoms with Crippen LogP contribution in [-0.4, -0.2) is 41.9 Å². The van der Waals surface area contributed by atoms with Gasteiger partial charge in [0.05, 0.1) is 6.61 Å². The highest BCUT2D eigenvalue weighted by molar-refractivity contribution is 5.68. The van der Waals surface area contributed by atoms with Crippen molar-refractivity contribution in [1.29, 1.82) is 0 Å². The number of methoxy groups -OCH3 is 1. The maximum absolute atomic E-state index is 12.1. The van der Waals surface area contributed by atoms with Crippen LogP contribution in [0.25, 0.3) is 0 Å². The Bertz CT molecular complexity index is 557. The molecule has 1 fully saturated rings. The van der Waals surface area contributed by atoms with Gasteiger partial charge in [0.15, 0.2) is 0 Å². The topological polar surface area (TPSA) is 59.0 Å². The Morgan fingerprint density at radius 1 is 1.29 bits per heavy atom. The first kappa shape index (κ1) is 18.6. The lowest BCUT2D eigenvalue weighted by molar-refractivity contribution is 0.0184. The van der Waals surface area contributed by atoms with E-state index in [1.807, 2.05) is 39.0 Å². The van der Waals surface area contributed by atoms with Crippen molar-refractivity contribution in [2.45, 2.75) is 52.2 Å². The molecular formula is C19H29NO4. The van der Waals surface area contributed by atoms with Crippen molar-refractivity contribution in [1.82, 2.24) is 4.90 Å². The van der Waals surface area contributed by atoms with Crippen LogP contribution in [0, 0.1) is 5.92 Å². The Labute approximate surface area is 144 Å². The van der Waals surface area contributed by atoms with Gasteiger partial charge in [0.1, 0.15) is 11.4 Å². The molecule has 24 heavy (non-hydrogen) atoms. The first-order valence-electron chi connectivity index (χ1n) is 8.56. The van der Waals surface area contributed by atoms with E-state index in [2.05, 4.69) is 0 Å². The number of piperidine rings is 1. The quantitative estimate of drug-likeness (QED) is 0.911. The molecule has 2 rings (SSSR count). The van der Waals surface area contributed by atoms with Gasteiger partial charge in [-0.3, -0.25) is 0 Å². The van der Waals surface area contributed by atoms with Gasteiger partial charge in [-0.2, -0.15) is 0 Å². The molecule has 0 radical (unpaired) electrons. The number of aromatic hydroxyl groups is 1. The maximum Gasteiger partial charge on any atom is 0.410 e. The molecule has 5 heteroatoms. The Morgan fingerprint density at radius 3 is 2.50 bits per heavy atom.